The van der Waals surface area contributed by atoms with Crippen LogP contribution in [0.5, 0.6) is 0 Å². The molecule has 1 N–H and O–H groups in total. The van der Waals surface area contributed by atoms with E-state index < -0.39 is 0 Å². The molecule has 2 heterocycles. The van der Waals surface area contributed by atoms with Gasteiger partial charge in [0.05, 0.1) is 30.2 Å². The van der Waals surface area contributed by atoms with Crippen LogP contribution in [0.2, 0.25) is 0 Å². The Morgan fingerprint density at radius 3 is 2.80 bits per heavy atom. The summed E-state index contributed by atoms with van der Waals surface area (Å²) in [6.45, 7) is 2.09. The smallest absolute Gasteiger partial charge is 0.311 e. The maximum Gasteiger partial charge on any atom is 0.311 e. The number of thiazole rings is 1. The number of rotatable bonds is 9. The summed E-state index contributed by atoms with van der Waals surface area (Å²) in [5, 5.41) is 10.1. The monoisotopic (exact) mass is 443 g/mol. The lowest BCUT2D eigenvalue weighted by atomic mass is 10.3. The maximum atomic E-state index is 12.3. The van der Waals surface area contributed by atoms with Gasteiger partial charge in [0.1, 0.15) is 5.82 Å². The summed E-state index contributed by atoms with van der Waals surface area (Å²) in [4.78, 5) is 32.7. The van der Waals surface area contributed by atoms with Crippen molar-refractivity contribution in [2.24, 2.45) is 0 Å². The van der Waals surface area contributed by atoms with Gasteiger partial charge in [-0.25, -0.2) is 14.6 Å². The van der Waals surface area contributed by atoms with Crippen molar-refractivity contribution >= 4 is 40.1 Å². The Bertz CT molecular complexity index is 1030. The summed E-state index contributed by atoms with van der Waals surface area (Å²) in [6.07, 6.45) is 2.34. The van der Waals surface area contributed by atoms with Crippen LogP contribution < -0.4 is 5.32 Å². The number of esters is 1. The van der Waals surface area contributed by atoms with Crippen LogP contribution in [0.3, 0.4) is 0 Å². The van der Waals surface area contributed by atoms with Gasteiger partial charge in [-0.1, -0.05) is 30.0 Å². The highest BCUT2D eigenvalue weighted by atomic mass is 32.2. The number of thioether (sulfide) groups is 1. The van der Waals surface area contributed by atoms with Gasteiger partial charge in [-0.2, -0.15) is 0 Å². The van der Waals surface area contributed by atoms with Crippen LogP contribution >= 0.6 is 23.1 Å². The third-order valence-corrected chi connectivity index (χ3v) is 5.96. The van der Waals surface area contributed by atoms with Crippen LogP contribution in [0.1, 0.15) is 37.2 Å². The number of aromatic nitrogens is 4. The Kier molecular flexibility index (Phi) is 6.44. The maximum absolute atomic E-state index is 12.3. The average Bonchev–Trinajstić information content (AvgIpc) is 3.35. The first-order valence-electron chi connectivity index (χ1n) is 9.67. The molecule has 1 aromatic carbocycles. The van der Waals surface area contributed by atoms with Gasteiger partial charge in [0.25, 0.3) is 0 Å². The molecule has 0 spiro atoms. The molecule has 156 valence electrons. The largest absolute Gasteiger partial charge is 0.466 e. The second-order valence-electron chi connectivity index (χ2n) is 6.74. The summed E-state index contributed by atoms with van der Waals surface area (Å²) in [7, 11) is 0. The van der Waals surface area contributed by atoms with E-state index in [1.165, 1.54) is 23.1 Å². The third kappa shape index (κ3) is 5.25. The molecule has 1 amide bonds. The van der Waals surface area contributed by atoms with Crippen molar-refractivity contribution in [1.29, 1.82) is 0 Å². The second-order valence-corrected chi connectivity index (χ2v) is 8.54. The number of benzene rings is 1. The molecule has 0 radical (unpaired) electrons. The second kappa shape index (κ2) is 9.40. The van der Waals surface area contributed by atoms with Gasteiger partial charge < -0.3 is 10.1 Å². The first-order chi connectivity index (χ1) is 14.6. The van der Waals surface area contributed by atoms with Crippen molar-refractivity contribution in [3.05, 3.63) is 47.2 Å². The van der Waals surface area contributed by atoms with E-state index in [1.54, 1.807) is 12.3 Å². The Balaban J connectivity index is 1.34. The molecular formula is C20H21N5O3S2. The quantitative estimate of drug-likeness (QED) is 0.399. The zero-order valence-electron chi connectivity index (χ0n) is 16.4. The molecule has 2 aromatic heterocycles. The molecule has 1 fully saturated rings. The first-order valence-corrected chi connectivity index (χ1v) is 11.5. The number of carbonyl (C=O) groups is 2. The zero-order valence-corrected chi connectivity index (χ0v) is 18.0. The lowest BCUT2D eigenvalue weighted by molar-refractivity contribution is -0.142. The molecule has 0 unspecified atom stereocenters. The fourth-order valence-electron chi connectivity index (χ4n) is 2.82. The molecule has 30 heavy (non-hydrogen) atoms. The molecule has 1 aliphatic rings. The van der Waals surface area contributed by atoms with Crippen molar-refractivity contribution in [2.45, 2.75) is 37.3 Å². The fourth-order valence-corrected chi connectivity index (χ4v) is 4.18. The van der Waals surface area contributed by atoms with Crippen molar-refractivity contribution < 1.29 is 14.3 Å². The number of anilines is 1. The van der Waals surface area contributed by atoms with E-state index in [9.17, 15) is 9.59 Å². The molecule has 0 bridgehead atoms. The molecule has 0 aliphatic heterocycles. The highest BCUT2D eigenvalue weighted by Gasteiger charge is 2.30. The number of amides is 1. The molecule has 10 heteroatoms. The topological polar surface area (TPSA) is 99.0 Å². The zero-order chi connectivity index (χ0) is 20.9. The number of ether oxygens (including phenoxy) is 1. The van der Waals surface area contributed by atoms with Gasteiger partial charge in [-0.05, 0) is 31.9 Å². The number of hydrogen-bond donors (Lipinski definition) is 1. The van der Waals surface area contributed by atoms with Crippen LogP contribution in [0, 0.1) is 0 Å². The summed E-state index contributed by atoms with van der Waals surface area (Å²) in [5.74, 6) is 1.04. The van der Waals surface area contributed by atoms with E-state index in [-0.39, 0.29) is 24.1 Å². The van der Waals surface area contributed by atoms with Crippen molar-refractivity contribution in [2.75, 3.05) is 17.7 Å². The predicted molar refractivity (Wildman–Crippen MR) is 115 cm³/mol. The minimum Gasteiger partial charge on any atom is -0.466 e. The molecule has 4 rings (SSSR count). The first kappa shape index (κ1) is 20.5. The van der Waals surface area contributed by atoms with Gasteiger partial charge >= 0.3 is 5.97 Å². The Morgan fingerprint density at radius 2 is 2.07 bits per heavy atom. The van der Waals surface area contributed by atoms with Crippen molar-refractivity contribution in [3.8, 4) is 5.69 Å². The Labute approximate surface area is 182 Å². The van der Waals surface area contributed by atoms with Crippen molar-refractivity contribution in [3.63, 3.8) is 0 Å². The lowest BCUT2D eigenvalue weighted by Gasteiger charge is -2.03. The molecule has 1 aliphatic carbocycles. The van der Waals surface area contributed by atoms with E-state index >= 15 is 0 Å². The summed E-state index contributed by atoms with van der Waals surface area (Å²) in [6, 6.07) is 9.90. The average molecular weight is 444 g/mol. The summed E-state index contributed by atoms with van der Waals surface area (Å²) < 4.78 is 6.78. The van der Waals surface area contributed by atoms with Gasteiger partial charge in [0, 0.05) is 11.3 Å². The van der Waals surface area contributed by atoms with Crippen LogP contribution in [-0.4, -0.2) is 44.0 Å². The molecule has 8 nitrogen and oxygen atoms in total. The van der Waals surface area contributed by atoms with Gasteiger partial charge in [-0.15, -0.1) is 16.4 Å². The molecule has 3 aromatic rings. The fraction of sp³-hybridized carbons (Fsp3) is 0.350. The number of para-hydroxylation sites is 1. The van der Waals surface area contributed by atoms with Crippen LogP contribution in [0.25, 0.3) is 5.69 Å². The van der Waals surface area contributed by atoms with E-state index in [4.69, 9.17) is 4.74 Å². The van der Waals surface area contributed by atoms with Crippen molar-refractivity contribution in [1.82, 2.24) is 19.7 Å². The standard InChI is InChI=1S/C20H21N5O3S2/c1-2-28-17(27)10-14-11-29-19(21-14)22-16(26)12-30-20-23-18(13-8-9-13)25(24-20)15-6-4-3-5-7-15/h3-7,11,13H,2,8-10,12H2,1H3,(H,21,22,26). The van der Waals surface area contributed by atoms with Gasteiger partial charge in [0.15, 0.2) is 5.13 Å². The Morgan fingerprint density at radius 1 is 1.27 bits per heavy atom. The Hall–Kier alpha value is -2.72. The predicted octanol–water partition coefficient (Wildman–Crippen LogP) is 3.44. The number of nitrogens with one attached hydrogen (secondary N) is 1. The molecular weight excluding hydrogens is 422 g/mol. The number of hydrogen-bond acceptors (Lipinski definition) is 8. The van der Waals surface area contributed by atoms with Gasteiger partial charge in [0.2, 0.25) is 11.1 Å². The lowest BCUT2D eigenvalue weighted by Crippen LogP contribution is -2.14. The van der Waals surface area contributed by atoms with Crippen LogP contribution in [-0.2, 0) is 20.7 Å². The molecule has 0 atom stereocenters. The minimum absolute atomic E-state index is 0.0970. The third-order valence-electron chi connectivity index (χ3n) is 4.32. The molecule has 0 saturated heterocycles. The van der Waals surface area contributed by atoms with E-state index in [0.717, 1.165) is 24.4 Å². The summed E-state index contributed by atoms with van der Waals surface area (Å²) in [5.41, 5.74) is 1.55. The van der Waals surface area contributed by atoms with Crippen LogP contribution in [0.15, 0.2) is 40.9 Å². The van der Waals surface area contributed by atoms with Crippen LogP contribution in [0.4, 0.5) is 5.13 Å². The normalized spacial score (nSPS) is 13.2. The highest BCUT2D eigenvalue weighted by molar-refractivity contribution is 7.99. The minimum atomic E-state index is -0.331. The highest BCUT2D eigenvalue weighted by Crippen LogP contribution is 2.40. The van der Waals surface area contributed by atoms with Gasteiger partial charge in [-0.3, -0.25) is 9.59 Å². The molecule has 1 saturated carbocycles. The summed E-state index contributed by atoms with van der Waals surface area (Å²) >= 11 is 2.57. The van der Waals surface area contributed by atoms with E-state index in [1.807, 2.05) is 35.0 Å². The number of carbonyl (C=O) groups excluding carboxylic acids is 2. The van der Waals surface area contributed by atoms with E-state index in [2.05, 4.69) is 20.4 Å². The SMILES string of the molecule is CCOC(=O)Cc1csc(NC(=O)CSc2nc(C3CC3)n(-c3ccccc3)n2)n1. The van der Waals surface area contributed by atoms with E-state index in [0.29, 0.717) is 28.5 Å². The number of nitrogens with zero attached hydrogens (tertiary/aromatic N) is 4.